The molecule has 0 spiro atoms. The van der Waals surface area contributed by atoms with Crippen LogP contribution in [0, 0.1) is 17.0 Å². The van der Waals surface area contributed by atoms with Gasteiger partial charge < -0.3 is 5.11 Å². The predicted octanol–water partition coefficient (Wildman–Crippen LogP) is 3.16. The Labute approximate surface area is 106 Å². The zero-order valence-corrected chi connectivity index (χ0v) is 10.1. The van der Waals surface area contributed by atoms with Crippen LogP contribution in [0.2, 0.25) is 0 Å². The lowest BCUT2D eigenvalue weighted by molar-refractivity contribution is -0.496. The van der Waals surface area contributed by atoms with Gasteiger partial charge in [-0.25, -0.2) is 0 Å². The molecule has 0 aliphatic rings. The Morgan fingerprint density at radius 1 is 1.06 bits per heavy atom. The van der Waals surface area contributed by atoms with Crippen LogP contribution < -0.4 is 0 Å². The van der Waals surface area contributed by atoms with Crippen molar-refractivity contribution in [2.75, 3.05) is 0 Å². The van der Waals surface area contributed by atoms with E-state index in [2.05, 4.69) is 19.1 Å². The molecule has 0 saturated heterocycles. The van der Waals surface area contributed by atoms with Crippen LogP contribution in [0.3, 0.4) is 0 Å². The molecular formula is C14H15NO3. The standard InChI is InChI=1S/C7H7NO3.C7H8/c9-7-4-2-1-3-6(7)5-8(10)11;1-7-5-3-2-4-6-7/h1-4,9H,5H2;2-6H,1H3. The third kappa shape index (κ3) is 5.12. The first-order chi connectivity index (χ1) is 8.59. The van der Waals surface area contributed by atoms with E-state index in [0.717, 1.165) is 0 Å². The van der Waals surface area contributed by atoms with E-state index >= 15 is 0 Å². The van der Waals surface area contributed by atoms with Gasteiger partial charge in [-0.1, -0.05) is 48.0 Å². The Hall–Kier alpha value is -2.36. The molecule has 0 amide bonds. The van der Waals surface area contributed by atoms with Crippen molar-refractivity contribution in [1.82, 2.24) is 0 Å². The predicted molar refractivity (Wildman–Crippen MR) is 70.0 cm³/mol. The summed E-state index contributed by atoms with van der Waals surface area (Å²) in [6.07, 6.45) is 0. The topological polar surface area (TPSA) is 63.4 Å². The molecule has 0 atom stereocenters. The summed E-state index contributed by atoms with van der Waals surface area (Å²) in [5.41, 5.74) is 1.67. The monoisotopic (exact) mass is 245 g/mol. The number of para-hydroxylation sites is 1. The SMILES string of the molecule is Cc1ccccc1.O=[N+]([O-])Cc1ccccc1O. The van der Waals surface area contributed by atoms with Crippen molar-refractivity contribution in [2.24, 2.45) is 0 Å². The summed E-state index contributed by atoms with van der Waals surface area (Å²) in [5.74, 6) is -0.0239. The fraction of sp³-hybridized carbons (Fsp3) is 0.143. The summed E-state index contributed by atoms with van der Waals surface area (Å²) in [6, 6.07) is 16.5. The van der Waals surface area contributed by atoms with E-state index in [1.807, 2.05) is 18.2 Å². The number of benzene rings is 2. The quantitative estimate of drug-likeness (QED) is 0.653. The first kappa shape index (κ1) is 13.7. The van der Waals surface area contributed by atoms with E-state index in [9.17, 15) is 10.1 Å². The highest BCUT2D eigenvalue weighted by Crippen LogP contribution is 2.15. The number of nitro groups is 1. The average molecular weight is 245 g/mol. The van der Waals surface area contributed by atoms with Crippen LogP contribution in [0.15, 0.2) is 54.6 Å². The van der Waals surface area contributed by atoms with Gasteiger partial charge in [-0.2, -0.15) is 0 Å². The highest BCUT2D eigenvalue weighted by Gasteiger charge is 2.04. The van der Waals surface area contributed by atoms with Crippen molar-refractivity contribution in [2.45, 2.75) is 13.5 Å². The lowest BCUT2D eigenvalue weighted by atomic mass is 10.2. The van der Waals surface area contributed by atoms with Gasteiger partial charge in [-0.15, -0.1) is 0 Å². The van der Waals surface area contributed by atoms with Crippen LogP contribution >= 0.6 is 0 Å². The Morgan fingerprint density at radius 3 is 2.06 bits per heavy atom. The van der Waals surface area contributed by atoms with Crippen LogP contribution in [0.5, 0.6) is 5.75 Å². The van der Waals surface area contributed by atoms with E-state index in [-0.39, 0.29) is 12.3 Å². The van der Waals surface area contributed by atoms with Gasteiger partial charge in [0.2, 0.25) is 6.54 Å². The molecule has 0 aliphatic heterocycles. The summed E-state index contributed by atoms with van der Waals surface area (Å²) < 4.78 is 0. The van der Waals surface area contributed by atoms with Crippen molar-refractivity contribution in [1.29, 1.82) is 0 Å². The molecule has 0 saturated carbocycles. The van der Waals surface area contributed by atoms with E-state index in [1.54, 1.807) is 12.1 Å². The zero-order valence-electron chi connectivity index (χ0n) is 10.1. The van der Waals surface area contributed by atoms with Crippen LogP contribution in [0.4, 0.5) is 0 Å². The fourth-order valence-corrected chi connectivity index (χ4v) is 1.32. The minimum absolute atomic E-state index is 0.0239. The lowest BCUT2D eigenvalue weighted by Gasteiger charge is -1.96. The van der Waals surface area contributed by atoms with Crippen LogP contribution in [0.1, 0.15) is 11.1 Å². The minimum atomic E-state index is -0.477. The molecule has 94 valence electrons. The Bertz CT molecular complexity index is 497. The van der Waals surface area contributed by atoms with E-state index < -0.39 is 4.92 Å². The van der Waals surface area contributed by atoms with Crippen molar-refractivity contribution < 1.29 is 10.0 Å². The minimum Gasteiger partial charge on any atom is -0.507 e. The van der Waals surface area contributed by atoms with Crippen molar-refractivity contribution >= 4 is 0 Å². The first-order valence-electron chi connectivity index (χ1n) is 5.50. The van der Waals surface area contributed by atoms with Gasteiger partial charge in [0.25, 0.3) is 0 Å². The third-order valence-electron chi connectivity index (χ3n) is 2.23. The molecule has 0 fully saturated rings. The summed E-state index contributed by atoms with van der Waals surface area (Å²) in [5, 5.41) is 19.1. The van der Waals surface area contributed by atoms with Gasteiger partial charge in [-0.05, 0) is 19.1 Å². The molecule has 2 aromatic rings. The molecule has 0 unspecified atom stereocenters. The van der Waals surface area contributed by atoms with Gasteiger partial charge in [0.05, 0.1) is 5.56 Å². The smallest absolute Gasteiger partial charge is 0.232 e. The van der Waals surface area contributed by atoms with Gasteiger partial charge in [0, 0.05) is 4.92 Å². The number of rotatable bonds is 2. The van der Waals surface area contributed by atoms with Gasteiger partial charge in [-0.3, -0.25) is 10.1 Å². The zero-order chi connectivity index (χ0) is 13.4. The van der Waals surface area contributed by atoms with Crippen molar-refractivity contribution in [3.8, 4) is 5.75 Å². The molecule has 18 heavy (non-hydrogen) atoms. The molecule has 0 heterocycles. The molecule has 4 heteroatoms. The largest absolute Gasteiger partial charge is 0.507 e. The highest BCUT2D eigenvalue weighted by molar-refractivity contribution is 5.30. The Morgan fingerprint density at radius 2 is 1.61 bits per heavy atom. The Kier molecular flexibility index (Phi) is 5.38. The number of phenolic OH excluding ortho intramolecular Hbond substituents is 1. The van der Waals surface area contributed by atoms with Crippen LogP contribution in [0.25, 0.3) is 0 Å². The van der Waals surface area contributed by atoms with Crippen LogP contribution in [-0.4, -0.2) is 10.0 Å². The number of aryl methyl sites for hydroxylation is 1. The van der Waals surface area contributed by atoms with Gasteiger partial charge in [0.1, 0.15) is 5.75 Å². The molecule has 2 rings (SSSR count). The van der Waals surface area contributed by atoms with E-state index in [4.69, 9.17) is 5.11 Å². The average Bonchev–Trinajstić information content (AvgIpc) is 2.33. The number of nitrogens with zero attached hydrogens (tertiary/aromatic N) is 1. The van der Waals surface area contributed by atoms with E-state index in [0.29, 0.717) is 5.56 Å². The maximum Gasteiger partial charge on any atom is 0.232 e. The summed E-state index contributed by atoms with van der Waals surface area (Å²) in [6.45, 7) is 1.76. The molecule has 0 aliphatic carbocycles. The molecule has 0 aromatic heterocycles. The fourth-order valence-electron chi connectivity index (χ4n) is 1.32. The highest BCUT2D eigenvalue weighted by atomic mass is 16.6. The second-order valence-electron chi connectivity index (χ2n) is 3.77. The Balaban J connectivity index is 0.000000199. The van der Waals surface area contributed by atoms with Crippen molar-refractivity contribution in [3.63, 3.8) is 0 Å². The second kappa shape index (κ2) is 7.06. The number of aromatic hydroxyl groups is 1. The summed E-state index contributed by atoms with van der Waals surface area (Å²) >= 11 is 0. The number of hydrogen-bond donors (Lipinski definition) is 1. The number of phenols is 1. The van der Waals surface area contributed by atoms with Crippen molar-refractivity contribution in [3.05, 3.63) is 75.8 Å². The molecule has 2 aromatic carbocycles. The van der Waals surface area contributed by atoms with Gasteiger partial charge >= 0.3 is 0 Å². The molecule has 0 radical (unpaired) electrons. The summed E-state index contributed by atoms with van der Waals surface area (Å²) in [7, 11) is 0. The molecule has 4 nitrogen and oxygen atoms in total. The van der Waals surface area contributed by atoms with Crippen LogP contribution in [-0.2, 0) is 6.54 Å². The summed E-state index contributed by atoms with van der Waals surface area (Å²) in [4.78, 5) is 9.54. The first-order valence-corrected chi connectivity index (χ1v) is 5.50. The molecule has 0 bridgehead atoms. The normalized spacial score (nSPS) is 9.17. The van der Waals surface area contributed by atoms with E-state index in [1.165, 1.54) is 17.7 Å². The molecular weight excluding hydrogens is 230 g/mol. The maximum atomic E-state index is 10.0. The molecule has 1 N–H and O–H groups in total. The second-order valence-corrected chi connectivity index (χ2v) is 3.77. The third-order valence-corrected chi connectivity index (χ3v) is 2.23. The maximum absolute atomic E-state index is 10.0. The van der Waals surface area contributed by atoms with Gasteiger partial charge in [0.15, 0.2) is 0 Å². The number of hydrogen-bond acceptors (Lipinski definition) is 3. The lowest BCUT2D eigenvalue weighted by Crippen LogP contribution is -1.97.